The van der Waals surface area contributed by atoms with Gasteiger partial charge >= 0.3 is 0 Å². The molecule has 6 nitrogen and oxygen atoms in total. The standard InChI is InChI=1S/C8H8Cl2N2O4S/c9-3-7(11)12-5-1-4(10)2-6(8(5)13)17(14,15)16/h1-2,13H,3H2,(H2,11,12)(H,14,15,16). The van der Waals surface area contributed by atoms with Crippen LogP contribution >= 0.6 is 23.2 Å². The van der Waals surface area contributed by atoms with Gasteiger partial charge in [-0.05, 0) is 12.1 Å². The Morgan fingerprint density at radius 2 is 2.06 bits per heavy atom. The fourth-order valence-corrected chi connectivity index (χ4v) is 1.99. The highest BCUT2D eigenvalue weighted by Gasteiger charge is 2.19. The van der Waals surface area contributed by atoms with E-state index in [1.54, 1.807) is 0 Å². The summed E-state index contributed by atoms with van der Waals surface area (Å²) in [6, 6.07) is 2.08. The summed E-state index contributed by atoms with van der Waals surface area (Å²) in [5.74, 6) is -0.886. The van der Waals surface area contributed by atoms with Crippen LogP contribution in [0.1, 0.15) is 0 Å². The lowest BCUT2D eigenvalue weighted by Crippen LogP contribution is -2.12. The smallest absolute Gasteiger partial charge is 0.298 e. The predicted molar refractivity (Wildman–Crippen MR) is 64.9 cm³/mol. The van der Waals surface area contributed by atoms with E-state index in [9.17, 15) is 13.5 Å². The fraction of sp³-hybridized carbons (Fsp3) is 0.125. The number of aromatic hydroxyl groups is 1. The van der Waals surface area contributed by atoms with Crippen LogP contribution in [0.2, 0.25) is 5.02 Å². The molecule has 0 aromatic heterocycles. The second-order valence-electron chi connectivity index (χ2n) is 2.98. The monoisotopic (exact) mass is 298 g/mol. The average Bonchev–Trinajstić information content (AvgIpc) is 2.21. The first-order valence-electron chi connectivity index (χ1n) is 4.14. The zero-order chi connectivity index (χ0) is 13.2. The van der Waals surface area contributed by atoms with Crippen molar-refractivity contribution in [3.8, 4) is 5.75 Å². The summed E-state index contributed by atoms with van der Waals surface area (Å²) in [6.07, 6.45) is 0. The van der Waals surface area contributed by atoms with Crippen molar-refractivity contribution in [2.45, 2.75) is 4.90 Å². The molecule has 0 atom stereocenters. The van der Waals surface area contributed by atoms with E-state index in [1.807, 2.05) is 0 Å². The van der Waals surface area contributed by atoms with Gasteiger partial charge in [-0.1, -0.05) is 11.6 Å². The summed E-state index contributed by atoms with van der Waals surface area (Å²) in [4.78, 5) is 2.92. The summed E-state index contributed by atoms with van der Waals surface area (Å²) < 4.78 is 30.7. The van der Waals surface area contributed by atoms with Crippen LogP contribution < -0.4 is 5.73 Å². The number of halogens is 2. The molecule has 1 aromatic rings. The third-order valence-corrected chi connectivity index (χ3v) is 3.06. The van der Waals surface area contributed by atoms with Crippen molar-refractivity contribution < 1.29 is 18.1 Å². The molecule has 17 heavy (non-hydrogen) atoms. The van der Waals surface area contributed by atoms with Crippen LogP contribution in [0.15, 0.2) is 22.0 Å². The molecule has 4 N–H and O–H groups in total. The Morgan fingerprint density at radius 3 is 2.53 bits per heavy atom. The molecule has 0 saturated heterocycles. The summed E-state index contributed by atoms with van der Waals surface area (Å²) in [5.41, 5.74) is 5.14. The summed E-state index contributed by atoms with van der Waals surface area (Å²) >= 11 is 11.0. The van der Waals surface area contributed by atoms with E-state index in [0.29, 0.717) is 0 Å². The Morgan fingerprint density at radius 1 is 1.47 bits per heavy atom. The molecule has 0 fully saturated rings. The molecule has 0 amide bonds. The van der Waals surface area contributed by atoms with Crippen LogP contribution in [0.25, 0.3) is 0 Å². The van der Waals surface area contributed by atoms with Crippen molar-refractivity contribution in [3.05, 3.63) is 17.2 Å². The first-order chi connectivity index (χ1) is 7.75. The number of phenols is 1. The maximum absolute atomic E-state index is 10.9. The molecule has 94 valence electrons. The van der Waals surface area contributed by atoms with Crippen molar-refractivity contribution in [2.75, 3.05) is 5.88 Å². The number of aliphatic imine (C=N–C) groups is 1. The van der Waals surface area contributed by atoms with Gasteiger partial charge in [-0.25, -0.2) is 4.99 Å². The molecule has 0 radical (unpaired) electrons. The van der Waals surface area contributed by atoms with Gasteiger partial charge in [0, 0.05) is 5.02 Å². The van der Waals surface area contributed by atoms with Crippen molar-refractivity contribution in [3.63, 3.8) is 0 Å². The number of hydrogen-bond acceptors (Lipinski definition) is 4. The van der Waals surface area contributed by atoms with Gasteiger partial charge in [-0.3, -0.25) is 4.55 Å². The minimum atomic E-state index is -4.60. The van der Waals surface area contributed by atoms with E-state index < -0.39 is 20.8 Å². The summed E-state index contributed by atoms with van der Waals surface area (Å²) in [5, 5.41) is 9.56. The van der Waals surface area contributed by atoms with Gasteiger partial charge in [0.1, 0.15) is 16.4 Å². The minimum Gasteiger partial charge on any atom is -0.504 e. The highest BCUT2D eigenvalue weighted by atomic mass is 35.5. The van der Waals surface area contributed by atoms with Crippen LogP contribution in [0, 0.1) is 0 Å². The van der Waals surface area contributed by atoms with Crippen molar-refractivity contribution in [2.24, 2.45) is 10.7 Å². The van der Waals surface area contributed by atoms with Gasteiger partial charge < -0.3 is 10.8 Å². The fourth-order valence-electron chi connectivity index (χ4n) is 1.03. The van der Waals surface area contributed by atoms with E-state index in [1.165, 1.54) is 6.07 Å². The SMILES string of the molecule is NC(CCl)=Nc1cc(Cl)cc(S(=O)(=O)O)c1O. The topological polar surface area (TPSA) is 113 Å². The largest absolute Gasteiger partial charge is 0.504 e. The number of alkyl halides is 1. The molecule has 0 spiro atoms. The molecular formula is C8H8Cl2N2O4S. The molecule has 1 aromatic carbocycles. The summed E-state index contributed by atoms with van der Waals surface area (Å²) in [6.45, 7) is 0. The van der Waals surface area contributed by atoms with Crippen LogP contribution in [0.5, 0.6) is 5.75 Å². The maximum atomic E-state index is 10.9. The van der Waals surface area contributed by atoms with Gasteiger partial charge in [-0.15, -0.1) is 11.6 Å². The van der Waals surface area contributed by atoms with E-state index >= 15 is 0 Å². The third-order valence-electron chi connectivity index (χ3n) is 1.70. The molecule has 1 rings (SSSR count). The third kappa shape index (κ3) is 3.47. The van der Waals surface area contributed by atoms with Crippen molar-refractivity contribution in [1.82, 2.24) is 0 Å². The number of benzene rings is 1. The number of nitrogens with two attached hydrogens (primary N) is 1. The van der Waals surface area contributed by atoms with Gasteiger partial charge in [0.25, 0.3) is 10.1 Å². The van der Waals surface area contributed by atoms with Crippen LogP contribution in [-0.4, -0.2) is 29.8 Å². The maximum Gasteiger partial charge on any atom is 0.298 e. The highest BCUT2D eigenvalue weighted by molar-refractivity contribution is 7.86. The molecule has 0 aliphatic carbocycles. The molecule has 9 heteroatoms. The first-order valence-corrected chi connectivity index (χ1v) is 6.50. The Balaban J connectivity index is 3.50. The second-order valence-corrected chi connectivity index (χ2v) is 5.08. The van der Waals surface area contributed by atoms with E-state index in [4.69, 9.17) is 33.5 Å². The lowest BCUT2D eigenvalue weighted by atomic mass is 10.3. The lowest BCUT2D eigenvalue weighted by molar-refractivity contribution is 0.444. The number of amidine groups is 1. The molecule has 0 bridgehead atoms. The number of nitrogens with zero attached hydrogens (tertiary/aromatic N) is 1. The van der Waals surface area contributed by atoms with E-state index in [2.05, 4.69) is 4.99 Å². The Bertz CT molecular complexity index is 571. The van der Waals surface area contributed by atoms with Crippen LogP contribution in [-0.2, 0) is 10.1 Å². The van der Waals surface area contributed by atoms with Gasteiger partial charge in [0.05, 0.1) is 5.88 Å². The molecular weight excluding hydrogens is 291 g/mol. The average molecular weight is 299 g/mol. The normalized spacial score (nSPS) is 12.8. The molecule has 0 saturated carbocycles. The van der Waals surface area contributed by atoms with Crippen LogP contribution in [0.3, 0.4) is 0 Å². The molecule has 0 unspecified atom stereocenters. The molecule has 0 aliphatic rings. The lowest BCUT2D eigenvalue weighted by Gasteiger charge is -2.06. The highest BCUT2D eigenvalue weighted by Crippen LogP contribution is 2.36. The number of phenolic OH excluding ortho intramolecular Hbond substituents is 1. The number of rotatable bonds is 3. The van der Waals surface area contributed by atoms with Crippen molar-refractivity contribution >= 4 is 44.8 Å². The Kier molecular flexibility index (Phi) is 4.21. The zero-order valence-electron chi connectivity index (χ0n) is 8.26. The van der Waals surface area contributed by atoms with Gasteiger partial charge in [-0.2, -0.15) is 8.42 Å². The van der Waals surface area contributed by atoms with Crippen molar-refractivity contribution in [1.29, 1.82) is 0 Å². The second kappa shape index (κ2) is 5.09. The van der Waals surface area contributed by atoms with Gasteiger partial charge in [0.2, 0.25) is 0 Å². The first kappa shape index (κ1) is 14.0. The zero-order valence-corrected chi connectivity index (χ0v) is 10.6. The van der Waals surface area contributed by atoms with E-state index in [0.717, 1.165) is 6.07 Å². The minimum absolute atomic E-state index is 0.0310. The molecule has 0 heterocycles. The van der Waals surface area contributed by atoms with E-state index in [-0.39, 0.29) is 22.4 Å². The van der Waals surface area contributed by atoms with Gasteiger partial charge in [0.15, 0.2) is 5.75 Å². The summed E-state index contributed by atoms with van der Waals surface area (Å²) in [7, 11) is -4.60. The van der Waals surface area contributed by atoms with Crippen LogP contribution in [0.4, 0.5) is 5.69 Å². The predicted octanol–water partition coefficient (Wildman–Crippen LogP) is 1.52. The number of hydrogen-bond donors (Lipinski definition) is 3. The molecule has 0 aliphatic heterocycles. The Hall–Kier alpha value is -1.02. The Labute approximate surface area is 107 Å². The quantitative estimate of drug-likeness (QED) is 0.339.